The van der Waals surface area contributed by atoms with Gasteiger partial charge < -0.3 is 10.4 Å². The maximum Gasteiger partial charge on any atom is 0.358 e. The minimum Gasteiger partial charge on any atom is -0.361 e. The Morgan fingerprint density at radius 3 is 2.53 bits per heavy atom. The summed E-state index contributed by atoms with van der Waals surface area (Å²) < 4.78 is 0. The number of benzene rings is 1. The van der Waals surface area contributed by atoms with E-state index in [1.807, 2.05) is 0 Å². The molecule has 1 amide bonds. The molecule has 76 valence electrons. The van der Waals surface area contributed by atoms with Crippen molar-refractivity contribution in [1.29, 1.82) is 0 Å². The minimum atomic E-state index is -0.250. The highest BCUT2D eigenvalue weighted by Gasteiger charge is 2.34. The normalized spacial score (nSPS) is 15.7. The first-order chi connectivity index (χ1) is 7.22. The van der Waals surface area contributed by atoms with E-state index < -0.39 is 0 Å². The Balaban J connectivity index is 2.30. The van der Waals surface area contributed by atoms with E-state index in [1.54, 1.807) is 29.2 Å². The van der Waals surface area contributed by atoms with Crippen molar-refractivity contribution in [1.82, 2.24) is 0 Å². The highest BCUT2D eigenvalue weighted by molar-refractivity contribution is 6.43. The predicted molar refractivity (Wildman–Crippen MR) is 57.0 cm³/mol. The Kier molecular flexibility index (Phi) is 2.54. The number of carbonyl (C=O) groups is 1. The van der Waals surface area contributed by atoms with Crippen LogP contribution in [0.15, 0.2) is 24.3 Å². The van der Waals surface area contributed by atoms with Gasteiger partial charge in [0.1, 0.15) is 0 Å². The van der Waals surface area contributed by atoms with Gasteiger partial charge in [-0.1, -0.05) is 11.6 Å². The molecule has 0 radical (unpaired) electrons. The van der Waals surface area contributed by atoms with Crippen molar-refractivity contribution in [3.05, 3.63) is 34.8 Å². The van der Waals surface area contributed by atoms with Gasteiger partial charge in [-0.3, -0.25) is 4.79 Å². The van der Waals surface area contributed by atoms with Gasteiger partial charge in [-0.05, 0) is 24.3 Å². The van der Waals surface area contributed by atoms with E-state index in [0.717, 1.165) is 5.69 Å². The molecule has 1 aliphatic rings. The summed E-state index contributed by atoms with van der Waals surface area (Å²) in [6.45, 7) is 0.542. The van der Waals surface area contributed by atoms with Crippen LogP contribution in [0.2, 0.25) is 5.02 Å². The topological polar surface area (TPSA) is 56.7 Å². The fourth-order valence-electron chi connectivity index (χ4n) is 1.54. The molecule has 15 heavy (non-hydrogen) atoms. The molecule has 0 bridgehead atoms. The zero-order valence-electron chi connectivity index (χ0n) is 7.85. The number of anilines is 1. The first-order valence-corrected chi connectivity index (χ1v) is 4.88. The zero-order valence-corrected chi connectivity index (χ0v) is 8.61. The standard InChI is InChI=1S/C10H8ClN3O/c11-7-1-3-8(4-2-7)14-6-5-9(13-12)10(14)15/h1-4H,5-6H2. The molecule has 0 aliphatic carbocycles. The first-order valence-electron chi connectivity index (χ1n) is 4.51. The van der Waals surface area contributed by atoms with Crippen LogP contribution < -0.4 is 4.90 Å². The molecular weight excluding hydrogens is 214 g/mol. The fourth-order valence-corrected chi connectivity index (χ4v) is 1.67. The molecule has 1 saturated heterocycles. The van der Waals surface area contributed by atoms with Crippen LogP contribution in [-0.2, 0) is 4.79 Å². The SMILES string of the molecule is [N-]=[N+]=C1CCN(c2ccc(Cl)cc2)C1=O. The smallest absolute Gasteiger partial charge is 0.358 e. The summed E-state index contributed by atoms with van der Waals surface area (Å²) in [7, 11) is 0. The second kappa shape index (κ2) is 3.85. The van der Waals surface area contributed by atoms with Crippen molar-refractivity contribution in [3.8, 4) is 0 Å². The molecular formula is C10H8ClN3O. The lowest BCUT2D eigenvalue weighted by Gasteiger charge is -2.13. The average molecular weight is 222 g/mol. The summed E-state index contributed by atoms with van der Waals surface area (Å²) in [5.41, 5.74) is 9.53. The number of carbonyl (C=O) groups excluding carboxylic acids is 1. The number of nitrogens with zero attached hydrogens (tertiary/aromatic N) is 3. The quantitative estimate of drug-likeness (QED) is 0.527. The lowest BCUT2D eigenvalue weighted by Crippen LogP contribution is -2.27. The van der Waals surface area contributed by atoms with E-state index >= 15 is 0 Å². The Hall–Kier alpha value is -1.64. The zero-order chi connectivity index (χ0) is 10.8. The number of hydrogen-bond acceptors (Lipinski definition) is 1. The van der Waals surface area contributed by atoms with Gasteiger partial charge in [0.2, 0.25) is 0 Å². The van der Waals surface area contributed by atoms with Crippen LogP contribution in [0.1, 0.15) is 6.42 Å². The maximum absolute atomic E-state index is 11.6. The molecule has 0 aromatic heterocycles. The van der Waals surface area contributed by atoms with Crippen LogP contribution in [0.5, 0.6) is 0 Å². The van der Waals surface area contributed by atoms with Crippen LogP contribution in [0.4, 0.5) is 5.69 Å². The van der Waals surface area contributed by atoms with E-state index in [4.69, 9.17) is 17.1 Å². The molecule has 2 rings (SSSR count). The van der Waals surface area contributed by atoms with Crippen molar-refractivity contribution < 1.29 is 9.58 Å². The summed E-state index contributed by atoms with van der Waals surface area (Å²) in [5, 5.41) is 0.626. The third-order valence-corrected chi connectivity index (χ3v) is 2.58. The fraction of sp³-hybridized carbons (Fsp3) is 0.200. The largest absolute Gasteiger partial charge is 0.361 e. The average Bonchev–Trinajstić information content (AvgIpc) is 2.61. The van der Waals surface area contributed by atoms with Gasteiger partial charge >= 0.3 is 11.6 Å². The Bertz CT molecular complexity index is 448. The monoisotopic (exact) mass is 221 g/mol. The summed E-state index contributed by atoms with van der Waals surface area (Å²) in [6, 6.07) is 6.97. The second-order valence-corrected chi connectivity index (χ2v) is 3.67. The van der Waals surface area contributed by atoms with Crippen LogP contribution in [0.3, 0.4) is 0 Å². The number of rotatable bonds is 1. The second-order valence-electron chi connectivity index (χ2n) is 3.23. The van der Waals surface area contributed by atoms with Crippen molar-refractivity contribution in [2.75, 3.05) is 11.4 Å². The molecule has 0 saturated carbocycles. The van der Waals surface area contributed by atoms with E-state index in [2.05, 4.69) is 4.79 Å². The molecule has 1 fully saturated rings. The maximum atomic E-state index is 11.6. The number of halogens is 1. The van der Waals surface area contributed by atoms with Crippen LogP contribution >= 0.6 is 11.6 Å². The van der Waals surface area contributed by atoms with Gasteiger partial charge in [0, 0.05) is 17.3 Å². The molecule has 0 atom stereocenters. The summed E-state index contributed by atoms with van der Waals surface area (Å²) in [4.78, 5) is 16.1. The third kappa shape index (κ3) is 1.77. The van der Waals surface area contributed by atoms with Crippen LogP contribution in [-0.4, -0.2) is 23.0 Å². The van der Waals surface area contributed by atoms with E-state index in [-0.39, 0.29) is 11.6 Å². The Morgan fingerprint density at radius 2 is 2.00 bits per heavy atom. The molecule has 1 aromatic rings. The summed E-state index contributed by atoms with van der Waals surface area (Å²) in [5.74, 6) is -0.250. The van der Waals surface area contributed by atoms with E-state index in [0.29, 0.717) is 18.0 Å². The highest BCUT2D eigenvalue weighted by Crippen LogP contribution is 2.21. The lowest BCUT2D eigenvalue weighted by atomic mass is 10.3. The molecule has 1 heterocycles. The molecule has 1 aliphatic heterocycles. The first kappa shape index (κ1) is 9.90. The van der Waals surface area contributed by atoms with Crippen molar-refractivity contribution in [3.63, 3.8) is 0 Å². The van der Waals surface area contributed by atoms with Gasteiger partial charge in [0.25, 0.3) is 0 Å². The van der Waals surface area contributed by atoms with Crippen molar-refractivity contribution in [2.24, 2.45) is 0 Å². The molecule has 0 N–H and O–H groups in total. The van der Waals surface area contributed by atoms with Crippen molar-refractivity contribution in [2.45, 2.75) is 6.42 Å². The number of amides is 1. The van der Waals surface area contributed by atoms with Gasteiger partial charge in [0.05, 0.1) is 6.42 Å². The van der Waals surface area contributed by atoms with Gasteiger partial charge in [-0.2, -0.15) is 4.79 Å². The number of hydrogen-bond donors (Lipinski definition) is 0. The van der Waals surface area contributed by atoms with Gasteiger partial charge in [-0.25, -0.2) is 0 Å². The van der Waals surface area contributed by atoms with E-state index in [9.17, 15) is 4.79 Å². The van der Waals surface area contributed by atoms with Gasteiger partial charge in [0.15, 0.2) is 0 Å². The molecule has 0 spiro atoms. The summed E-state index contributed by atoms with van der Waals surface area (Å²) >= 11 is 5.74. The third-order valence-electron chi connectivity index (χ3n) is 2.32. The summed E-state index contributed by atoms with van der Waals surface area (Å²) in [6.07, 6.45) is 0.470. The Labute approximate surface area is 91.7 Å². The predicted octanol–water partition coefficient (Wildman–Crippen LogP) is 1.75. The molecule has 1 aromatic carbocycles. The highest BCUT2D eigenvalue weighted by atomic mass is 35.5. The van der Waals surface area contributed by atoms with Crippen LogP contribution in [0, 0.1) is 0 Å². The minimum absolute atomic E-state index is 0.199. The molecule has 0 unspecified atom stereocenters. The molecule has 4 nitrogen and oxygen atoms in total. The van der Waals surface area contributed by atoms with Crippen LogP contribution in [0.25, 0.3) is 5.53 Å². The van der Waals surface area contributed by atoms with Crippen molar-refractivity contribution >= 4 is 28.9 Å². The Morgan fingerprint density at radius 1 is 1.33 bits per heavy atom. The van der Waals surface area contributed by atoms with Gasteiger partial charge in [-0.15, -0.1) is 0 Å². The lowest BCUT2D eigenvalue weighted by molar-refractivity contribution is -0.115. The molecule has 5 heteroatoms. The van der Waals surface area contributed by atoms with E-state index in [1.165, 1.54) is 0 Å².